The summed E-state index contributed by atoms with van der Waals surface area (Å²) in [6, 6.07) is 10.6. The number of nitrogens with zero attached hydrogens (tertiary/aromatic N) is 1. The number of halogens is 1. The maximum atomic E-state index is 2.20. The fourth-order valence-corrected chi connectivity index (χ4v) is 1.13. The first-order valence-electron chi connectivity index (χ1n) is 3.92. The highest BCUT2D eigenvalue weighted by atomic mass is 127. The summed E-state index contributed by atoms with van der Waals surface area (Å²) in [6.45, 7) is 1.10. The normalized spacial score (nSPS) is 10.6. The van der Waals surface area contributed by atoms with E-state index in [1.54, 1.807) is 0 Å². The van der Waals surface area contributed by atoms with Crippen molar-refractivity contribution in [3.05, 3.63) is 35.9 Å². The second-order valence-corrected chi connectivity index (χ2v) is 3.93. The molecule has 1 aromatic rings. The number of rotatable bonds is 2. The molecule has 0 aromatic heterocycles. The Hall–Kier alpha value is -0.0900. The van der Waals surface area contributed by atoms with Crippen molar-refractivity contribution in [3.8, 4) is 0 Å². The maximum Gasteiger partial charge on any atom is 0.104 e. The zero-order valence-electron chi connectivity index (χ0n) is 7.92. The third-order valence-corrected chi connectivity index (χ3v) is 1.50. The van der Waals surface area contributed by atoms with E-state index in [2.05, 4.69) is 51.5 Å². The van der Waals surface area contributed by atoms with Crippen molar-refractivity contribution in [2.24, 2.45) is 0 Å². The van der Waals surface area contributed by atoms with Gasteiger partial charge in [0.25, 0.3) is 0 Å². The molecule has 68 valence electrons. The number of benzene rings is 1. The molecule has 0 amide bonds. The van der Waals surface area contributed by atoms with Crippen LogP contribution in [0.25, 0.3) is 0 Å². The van der Waals surface area contributed by atoms with Gasteiger partial charge in [-0.25, -0.2) is 0 Å². The predicted octanol–water partition coefficient (Wildman–Crippen LogP) is -1.10. The monoisotopic (exact) mass is 277 g/mol. The molecular weight excluding hydrogens is 261 g/mol. The van der Waals surface area contributed by atoms with Crippen LogP contribution in [0, 0.1) is 0 Å². The maximum absolute atomic E-state index is 2.20. The van der Waals surface area contributed by atoms with Crippen molar-refractivity contribution in [2.45, 2.75) is 6.54 Å². The van der Waals surface area contributed by atoms with Crippen LogP contribution in [-0.2, 0) is 6.54 Å². The minimum Gasteiger partial charge on any atom is -1.00 e. The molecule has 0 unspecified atom stereocenters. The molecular formula is C10H16IN. The smallest absolute Gasteiger partial charge is 0.104 e. The predicted molar refractivity (Wildman–Crippen MR) is 48.2 cm³/mol. The first-order chi connectivity index (χ1) is 5.08. The van der Waals surface area contributed by atoms with Gasteiger partial charge in [-0.1, -0.05) is 30.3 Å². The standard InChI is InChI=1S/C10H16N.HI/c1-11(2,3)9-10-7-5-4-6-8-10;/h4-8H,9H2,1-3H3;1H/q+1;/p-1. The Balaban J connectivity index is 0.00000121. The average molecular weight is 277 g/mol. The molecule has 0 atom stereocenters. The van der Waals surface area contributed by atoms with Crippen LogP contribution in [0.2, 0.25) is 0 Å². The molecule has 0 N–H and O–H groups in total. The highest BCUT2D eigenvalue weighted by Gasteiger charge is 2.06. The van der Waals surface area contributed by atoms with Gasteiger partial charge < -0.3 is 28.5 Å². The van der Waals surface area contributed by atoms with Crippen LogP contribution in [0.3, 0.4) is 0 Å². The Labute approximate surface area is 92.0 Å². The lowest BCUT2D eigenvalue weighted by Crippen LogP contribution is -3.00. The van der Waals surface area contributed by atoms with Crippen LogP contribution in [0.4, 0.5) is 0 Å². The topological polar surface area (TPSA) is 0 Å². The molecule has 0 aliphatic rings. The van der Waals surface area contributed by atoms with E-state index in [-0.39, 0.29) is 24.0 Å². The second-order valence-electron chi connectivity index (χ2n) is 3.93. The quantitative estimate of drug-likeness (QED) is 0.475. The summed E-state index contributed by atoms with van der Waals surface area (Å²) in [7, 11) is 6.60. The van der Waals surface area contributed by atoms with E-state index in [4.69, 9.17) is 0 Å². The fourth-order valence-electron chi connectivity index (χ4n) is 1.13. The fraction of sp³-hybridized carbons (Fsp3) is 0.400. The van der Waals surface area contributed by atoms with E-state index in [1.807, 2.05) is 0 Å². The van der Waals surface area contributed by atoms with Crippen molar-refractivity contribution in [1.29, 1.82) is 0 Å². The Morgan fingerprint density at radius 1 is 1.00 bits per heavy atom. The van der Waals surface area contributed by atoms with Crippen molar-refractivity contribution in [2.75, 3.05) is 21.1 Å². The van der Waals surface area contributed by atoms with Gasteiger partial charge >= 0.3 is 0 Å². The van der Waals surface area contributed by atoms with E-state index in [1.165, 1.54) is 5.56 Å². The van der Waals surface area contributed by atoms with E-state index < -0.39 is 0 Å². The van der Waals surface area contributed by atoms with E-state index in [0.29, 0.717) is 0 Å². The summed E-state index contributed by atoms with van der Waals surface area (Å²) in [6.07, 6.45) is 0. The molecule has 1 rings (SSSR count). The zero-order chi connectivity index (χ0) is 8.32. The zero-order valence-corrected chi connectivity index (χ0v) is 10.1. The highest BCUT2D eigenvalue weighted by molar-refractivity contribution is 5.13. The van der Waals surface area contributed by atoms with Gasteiger partial charge in [0.1, 0.15) is 6.54 Å². The highest BCUT2D eigenvalue weighted by Crippen LogP contribution is 2.04. The van der Waals surface area contributed by atoms with Crippen LogP contribution in [-0.4, -0.2) is 25.6 Å². The van der Waals surface area contributed by atoms with Crippen LogP contribution >= 0.6 is 0 Å². The van der Waals surface area contributed by atoms with E-state index >= 15 is 0 Å². The number of quaternary nitrogens is 1. The summed E-state index contributed by atoms with van der Waals surface area (Å²) in [4.78, 5) is 0. The first kappa shape index (κ1) is 11.9. The molecule has 1 nitrogen and oxygen atoms in total. The largest absolute Gasteiger partial charge is 1.00 e. The summed E-state index contributed by atoms with van der Waals surface area (Å²) < 4.78 is 0.990. The molecule has 0 saturated heterocycles. The molecule has 0 heterocycles. The lowest BCUT2D eigenvalue weighted by molar-refractivity contribution is -0.884. The number of hydrogen-bond donors (Lipinski definition) is 0. The second kappa shape index (κ2) is 4.82. The Bertz CT molecular complexity index is 213. The van der Waals surface area contributed by atoms with Crippen LogP contribution in [0.15, 0.2) is 30.3 Å². The van der Waals surface area contributed by atoms with Gasteiger partial charge in [-0.15, -0.1) is 0 Å². The third-order valence-electron chi connectivity index (χ3n) is 1.50. The average Bonchev–Trinajstić information content (AvgIpc) is 1.85. The molecule has 0 saturated carbocycles. The number of hydrogen-bond acceptors (Lipinski definition) is 0. The molecule has 2 heteroatoms. The van der Waals surface area contributed by atoms with Crippen LogP contribution in [0.5, 0.6) is 0 Å². The van der Waals surface area contributed by atoms with Crippen molar-refractivity contribution in [3.63, 3.8) is 0 Å². The summed E-state index contributed by atoms with van der Waals surface area (Å²) in [5, 5.41) is 0. The van der Waals surface area contributed by atoms with Gasteiger partial charge in [0, 0.05) is 5.56 Å². The molecule has 0 bridgehead atoms. The van der Waals surface area contributed by atoms with Crippen LogP contribution in [0.1, 0.15) is 5.56 Å². The van der Waals surface area contributed by atoms with Gasteiger partial charge in [0.15, 0.2) is 0 Å². The molecule has 0 spiro atoms. The molecule has 0 fully saturated rings. The third kappa shape index (κ3) is 4.72. The van der Waals surface area contributed by atoms with Gasteiger partial charge in [-0.05, 0) is 0 Å². The summed E-state index contributed by atoms with van der Waals surface area (Å²) in [5.74, 6) is 0. The van der Waals surface area contributed by atoms with E-state index in [9.17, 15) is 0 Å². The van der Waals surface area contributed by atoms with Gasteiger partial charge in [0.2, 0.25) is 0 Å². The molecule has 0 aliphatic heterocycles. The Morgan fingerprint density at radius 3 is 1.92 bits per heavy atom. The van der Waals surface area contributed by atoms with Gasteiger partial charge in [-0.3, -0.25) is 0 Å². The molecule has 1 aromatic carbocycles. The van der Waals surface area contributed by atoms with Crippen molar-refractivity contribution in [1.82, 2.24) is 0 Å². The molecule has 0 radical (unpaired) electrons. The van der Waals surface area contributed by atoms with Gasteiger partial charge in [0.05, 0.1) is 21.1 Å². The molecule has 0 aliphatic carbocycles. The van der Waals surface area contributed by atoms with Crippen molar-refractivity contribution < 1.29 is 28.5 Å². The van der Waals surface area contributed by atoms with Crippen LogP contribution < -0.4 is 24.0 Å². The summed E-state index contributed by atoms with van der Waals surface area (Å²) in [5.41, 5.74) is 1.40. The Morgan fingerprint density at radius 2 is 1.50 bits per heavy atom. The lowest BCUT2D eigenvalue weighted by Gasteiger charge is -2.23. The SMILES string of the molecule is C[N+](C)(C)Cc1ccccc1.[I-]. The van der Waals surface area contributed by atoms with E-state index in [0.717, 1.165) is 11.0 Å². The van der Waals surface area contributed by atoms with Crippen molar-refractivity contribution >= 4 is 0 Å². The minimum atomic E-state index is 0. The minimum absolute atomic E-state index is 0. The lowest BCUT2D eigenvalue weighted by atomic mass is 10.2. The Kier molecular flexibility index (Phi) is 4.78. The van der Waals surface area contributed by atoms with Gasteiger partial charge in [-0.2, -0.15) is 0 Å². The molecule has 12 heavy (non-hydrogen) atoms. The first-order valence-corrected chi connectivity index (χ1v) is 3.92. The summed E-state index contributed by atoms with van der Waals surface area (Å²) >= 11 is 0.